The summed E-state index contributed by atoms with van der Waals surface area (Å²) in [6, 6.07) is 4.97. The molecule has 1 rings (SSSR count). The van der Waals surface area contributed by atoms with E-state index in [1.807, 2.05) is 0 Å². The minimum Gasteiger partial charge on any atom is -0.481 e. The minimum absolute atomic E-state index is 0.102. The van der Waals surface area contributed by atoms with Crippen molar-refractivity contribution in [3.8, 4) is 0 Å². The molecule has 0 unspecified atom stereocenters. The monoisotopic (exact) mass is 211 g/mol. The predicted molar refractivity (Wildman–Crippen MR) is 56.0 cm³/mol. The molecule has 0 aliphatic carbocycles. The van der Waals surface area contributed by atoms with E-state index in [9.17, 15) is 4.79 Å². The Balaban J connectivity index is 2.78. The SMILES string of the molecule is NC(=S)Nc1cccc(CC(=O)O)n1. The third kappa shape index (κ3) is 3.36. The van der Waals surface area contributed by atoms with Crippen LogP contribution in [0.1, 0.15) is 5.69 Å². The van der Waals surface area contributed by atoms with E-state index in [4.69, 9.17) is 10.8 Å². The fourth-order valence-electron chi connectivity index (χ4n) is 0.929. The van der Waals surface area contributed by atoms with Crippen LogP contribution in [0.2, 0.25) is 0 Å². The Hall–Kier alpha value is -1.69. The first-order valence-corrected chi connectivity index (χ1v) is 4.23. The molecule has 1 heterocycles. The number of aromatic nitrogens is 1. The summed E-state index contributed by atoms with van der Waals surface area (Å²) >= 11 is 4.62. The largest absolute Gasteiger partial charge is 0.481 e. The van der Waals surface area contributed by atoms with Gasteiger partial charge in [0.1, 0.15) is 5.82 Å². The van der Waals surface area contributed by atoms with Crippen molar-refractivity contribution in [3.63, 3.8) is 0 Å². The van der Waals surface area contributed by atoms with Gasteiger partial charge in [0, 0.05) is 0 Å². The molecule has 1 aromatic heterocycles. The Morgan fingerprint density at radius 3 is 2.93 bits per heavy atom. The van der Waals surface area contributed by atoms with E-state index in [0.29, 0.717) is 11.5 Å². The van der Waals surface area contributed by atoms with Crippen LogP contribution in [0.15, 0.2) is 18.2 Å². The van der Waals surface area contributed by atoms with E-state index >= 15 is 0 Å². The molecule has 6 heteroatoms. The highest BCUT2D eigenvalue weighted by Gasteiger charge is 2.02. The predicted octanol–water partition coefficient (Wildman–Crippen LogP) is 0.364. The first-order chi connectivity index (χ1) is 6.58. The molecule has 4 N–H and O–H groups in total. The molecular weight excluding hydrogens is 202 g/mol. The summed E-state index contributed by atoms with van der Waals surface area (Å²) in [4.78, 5) is 14.4. The van der Waals surface area contributed by atoms with Crippen LogP contribution in [0.25, 0.3) is 0 Å². The van der Waals surface area contributed by atoms with E-state index in [-0.39, 0.29) is 11.5 Å². The molecule has 0 spiro atoms. The fraction of sp³-hybridized carbons (Fsp3) is 0.125. The highest BCUT2D eigenvalue weighted by molar-refractivity contribution is 7.80. The number of anilines is 1. The van der Waals surface area contributed by atoms with Crippen molar-refractivity contribution in [1.82, 2.24) is 4.98 Å². The van der Waals surface area contributed by atoms with Gasteiger partial charge in [0.2, 0.25) is 0 Å². The number of carboxylic acids is 1. The number of hydrogen-bond donors (Lipinski definition) is 3. The average Bonchev–Trinajstić information content (AvgIpc) is 2.01. The van der Waals surface area contributed by atoms with Crippen molar-refractivity contribution in [2.24, 2.45) is 5.73 Å². The molecule has 0 amide bonds. The zero-order valence-electron chi connectivity index (χ0n) is 7.23. The maximum Gasteiger partial charge on any atom is 0.309 e. The number of carbonyl (C=O) groups is 1. The molecule has 0 aromatic carbocycles. The lowest BCUT2D eigenvalue weighted by Gasteiger charge is -2.03. The fourth-order valence-corrected chi connectivity index (χ4v) is 1.03. The topological polar surface area (TPSA) is 88.2 Å². The van der Waals surface area contributed by atoms with Gasteiger partial charge < -0.3 is 16.2 Å². The van der Waals surface area contributed by atoms with Gasteiger partial charge in [-0.1, -0.05) is 6.07 Å². The number of rotatable bonds is 3. The molecule has 0 saturated heterocycles. The van der Waals surface area contributed by atoms with Gasteiger partial charge in [0.25, 0.3) is 0 Å². The number of thiocarbonyl (C=S) groups is 1. The lowest BCUT2D eigenvalue weighted by atomic mass is 10.3. The number of aliphatic carboxylic acids is 1. The van der Waals surface area contributed by atoms with Gasteiger partial charge in [-0.25, -0.2) is 4.98 Å². The highest BCUT2D eigenvalue weighted by atomic mass is 32.1. The highest BCUT2D eigenvalue weighted by Crippen LogP contribution is 2.04. The first kappa shape index (κ1) is 10.4. The molecule has 1 aromatic rings. The molecular formula is C8H9N3O2S. The van der Waals surface area contributed by atoms with Crippen molar-refractivity contribution >= 4 is 29.1 Å². The quantitative estimate of drug-likeness (QED) is 0.626. The van der Waals surface area contributed by atoms with E-state index < -0.39 is 5.97 Å². The zero-order chi connectivity index (χ0) is 10.6. The maximum absolute atomic E-state index is 10.4. The normalized spacial score (nSPS) is 9.43. The van der Waals surface area contributed by atoms with Gasteiger partial charge in [0.05, 0.1) is 12.1 Å². The van der Waals surface area contributed by atoms with Crippen molar-refractivity contribution < 1.29 is 9.90 Å². The molecule has 0 fully saturated rings. The molecule has 14 heavy (non-hydrogen) atoms. The lowest BCUT2D eigenvalue weighted by Crippen LogP contribution is -2.20. The summed E-state index contributed by atoms with van der Waals surface area (Å²) in [7, 11) is 0. The van der Waals surface area contributed by atoms with Crippen molar-refractivity contribution in [3.05, 3.63) is 23.9 Å². The van der Waals surface area contributed by atoms with Crippen LogP contribution in [0.4, 0.5) is 5.82 Å². The van der Waals surface area contributed by atoms with Crippen LogP contribution in [-0.2, 0) is 11.2 Å². The van der Waals surface area contributed by atoms with Gasteiger partial charge in [-0.3, -0.25) is 4.79 Å². The molecule has 5 nitrogen and oxygen atoms in total. The van der Waals surface area contributed by atoms with Crippen molar-refractivity contribution in [2.45, 2.75) is 6.42 Å². The van der Waals surface area contributed by atoms with Gasteiger partial charge in [-0.15, -0.1) is 0 Å². The third-order valence-corrected chi connectivity index (χ3v) is 1.49. The lowest BCUT2D eigenvalue weighted by molar-refractivity contribution is -0.136. The Morgan fingerprint density at radius 2 is 2.36 bits per heavy atom. The molecule has 0 bridgehead atoms. The number of nitrogens with one attached hydrogen (secondary N) is 1. The smallest absolute Gasteiger partial charge is 0.309 e. The van der Waals surface area contributed by atoms with Crippen molar-refractivity contribution in [2.75, 3.05) is 5.32 Å². The number of nitrogens with two attached hydrogens (primary N) is 1. The van der Waals surface area contributed by atoms with Crippen LogP contribution < -0.4 is 11.1 Å². The van der Waals surface area contributed by atoms with Crippen LogP contribution in [-0.4, -0.2) is 21.2 Å². The standard InChI is InChI=1S/C8H9N3O2S/c9-8(14)11-6-3-1-2-5(10-6)4-7(12)13/h1-3H,4H2,(H,12,13)(H3,9,10,11,14). The van der Waals surface area contributed by atoms with Crippen molar-refractivity contribution in [1.29, 1.82) is 0 Å². The molecule has 0 aliphatic heterocycles. The summed E-state index contributed by atoms with van der Waals surface area (Å²) in [6.45, 7) is 0. The summed E-state index contributed by atoms with van der Waals surface area (Å²) in [5, 5.41) is 11.3. The maximum atomic E-state index is 10.4. The molecule has 74 valence electrons. The second-order valence-electron chi connectivity index (χ2n) is 2.57. The summed E-state index contributed by atoms with van der Waals surface area (Å²) in [5.41, 5.74) is 5.70. The van der Waals surface area contributed by atoms with Gasteiger partial charge in [0.15, 0.2) is 5.11 Å². The third-order valence-electron chi connectivity index (χ3n) is 1.39. The second kappa shape index (κ2) is 4.52. The zero-order valence-corrected chi connectivity index (χ0v) is 8.04. The first-order valence-electron chi connectivity index (χ1n) is 3.82. The van der Waals surface area contributed by atoms with Crippen LogP contribution >= 0.6 is 12.2 Å². The van der Waals surface area contributed by atoms with Crippen LogP contribution in [0.5, 0.6) is 0 Å². The van der Waals surface area contributed by atoms with Gasteiger partial charge >= 0.3 is 5.97 Å². The Kier molecular flexibility index (Phi) is 3.35. The van der Waals surface area contributed by atoms with Crippen LogP contribution in [0.3, 0.4) is 0 Å². The van der Waals surface area contributed by atoms with E-state index in [2.05, 4.69) is 22.5 Å². The Morgan fingerprint density at radius 1 is 1.64 bits per heavy atom. The van der Waals surface area contributed by atoms with E-state index in [1.165, 1.54) is 0 Å². The Bertz CT molecular complexity index is 336. The van der Waals surface area contributed by atoms with Gasteiger partial charge in [-0.05, 0) is 24.4 Å². The average molecular weight is 211 g/mol. The summed E-state index contributed by atoms with van der Waals surface area (Å²) in [6.07, 6.45) is -0.118. The number of nitrogens with zero attached hydrogens (tertiary/aromatic N) is 1. The number of pyridine rings is 1. The summed E-state index contributed by atoms with van der Waals surface area (Å²) in [5.74, 6) is -0.471. The van der Waals surface area contributed by atoms with Crippen LogP contribution in [0, 0.1) is 0 Å². The molecule has 0 saturated carbocycles. The van der Waals surface area contributed by atoms with E-state index in [0.717, 1.165) is 0 Å². The molecule has 0 radical (unpaired) electrons. The summed E-state index contributed by atoms with van der Waals surface area (Å²) < 4.78 is 0. The number of hydrogen-bond acceptors (Lipinski definition) is 3. The second-order valence-corrected chi connectivity index (χ2v) is 3.01. The van der Waals surface area contributed by atoms with Gasteiger partial charge in [-0.2, -0.15) is 0 Å². The number of carboxylic acid groups (broad SMARTS) is 1. The molecule has 0 atom stereocenters. The minimum atomic E-state index is -0.926. The Labute approximate surface area is 86.0 Å². The van der Waals surface area contributed by atoms with E-state index in [1.54, 1.807) is 18.2 Å². The molecule has 0 aliphatic rings.